The van der Waals surface area contributed by atoms with Gasteiger partial charge in [0.15, 0.2) is 0 Å². The highest BCUT2D eigenvalue weighted by atomic mass is 16.5. The summed E-state index contributed by atoms with van der Waals surface area (Å²) in [6, 6.07) is 5.87. The molecule has 1 aromatic carbocycles. The number of rotatable bonds is 7. The first-order valence-corrected chi connectivity index (χ1v) is 9.54. The number of β-amino-alcohol motifs (C(OH)–C–C–N with tert-alkyl or cyclic N) is 1. The summed E-state index contributed by atoms with van der Waals surface area (Å²) >= 11 is 0. The molecule has 1 atom stereocenters. The fourth-order valence-electron chi connectivity index (χ4n) is 3.21. The van der Waals surface area contributed by atoms with Gasteiger partial charge in [-0.05, 0) is 23.0 Å². The normalized spacial score (nSPS) is 16.7. The number of carbonyl (C=O) groups excluding carboxylic acids is 1. The molecule has 1 fully saturated rings. The van der Waals surface area contributed by atoms with Gasteiger partial charge < -0.3 is 20.5 Å². The molecule has 1 heterocycles. The zero-order valence-electron chi connectivity index (χ0n) is 16.4. The third-order valence-corrected chi connectivity index (χ3v) is 4.68. The largest absolute Gasteiger partial charge is 0.390 e. The van der Waals surface area contributed by atoms with Gasteiger partial charge in [-0.15, -0.1) is 0 Å². The Labute approximate surface area is 156 Å². The van der Waals surface area contributed by atoms with Gasteiger partial charge in [0.25, 0.3) is 0 Å². The number of benzene rings is 1. The first-order chi connectivity index (χ1) is 12.4. The van der Waals surface area contributed by atoms with Crippen molar-refractivity contribution >= 4 is 11.7 Å². The van der Waals surface area contributed by atoms with Crippen LogP contribution in [0.15, 0.2) is 18.2 Å². The van der Waals surface area contributed by atoms with Gasteiger partial charge in [-0.2, -0.15) is 0 Å². The number of hydrogen-bond donors (Lipinski definition) is 3. The molecule has 0 radical (unpaired) electrons. The van der Waals surface area contributed by atoms with Crippen LogP contribution in [-0.4, -0.2) is 61.5 Å². The first-order valence-electron chi connectivity index (χ1n) is 9.54. The van der Waals surface area contributed by atoms with Crippen LogP contribution < -0.4 is 10.6 Å². The van der Waals surface area contributed by atoms with Crippen molar-refractivity contribution in [3.63, 3.8) is 0 Å². The number of carbonyl (C=O) groups is 1. The number of amides is 2. The summed E-state index contributed by atoms with van der Waals surface area (Å²) in [5, 5.41) is 16.0. The number of nitrogens with zero attached hydrogens (tertiary/aromatic N) is 1. The maximum atomic E-state index is 12.4. The van der Waals surface area contributed by atoms with Crippen molar-refractivity contribution in [3.8, 4) is 0 Å². The second-order valence-electron chi connectivity index (χ2n) is 7.52. The van der Waals surface area contributed by atoms with E-state index in [-0.39, 0.29) is 12.6 Å². The van der Waals surface area contributed by atoms with Crippen LogP contribution in [0.25, 0.3) is 0 Å². The third kappa shape index (κ3) is 5.97. The fourth-order valence-corrected chi connectivity index (χ4v) is 3.21. The average Bonchev–Trinajstić information content (AvgIpc) is 2.60. The first kappa shape index (κ1) is 20.7. The van der Waals surface area contributed by atoms with Crippen molar-refractivity contribution in [2.24, 2.45) is 0 Å². The van der Waals surface area contributed by atoms with Gasteiger partial charge in [-0.25, -0.2) is 4.79 Å². The molecule has 1 saturated heterocycles. The lowest BCUT2D eigenvalue weighted by Crippen LogP contribution is -2.45. The molecule has 1 aromatic rings. The lowest BCUT2D eigenvalue weighted by molar-refractivity contribution is 0.0154. The Kier molecular flexibility index (Phi) is 7.87. The van der Waals surface area contributed by atoms with Crippen molar-refractivity contribution in [3.05, 3.63) is 29.3 Å². The van der Waals surface area contributed by atoms with Gasteiger partial charge >= 0.3 is 6.03 Å². The van der Waals surface area contributed by atoms with Crippen LogP contribution in [0, 0.1) is 0 Å². The Bertz CT molecular complexity index is 557. The molecule has 0 saturated carbocycles. The van der Waals surface area contributed by atoms with Crippen molar-refractivity contribution in [1.82, 2.24) is 10.2 Å². The Hall–Kier alpha value is -1.63. The van der Waals surface area contributed by atoms with E-state index in [0.717, 1.165) is 29.9 Å². The zero-order valence-corrected chi connectivity index (χ0v) is 16.4. The fraction of sp³-hybridized carbons (Fsp3) is 0.650. The van der Waals surface area contributed by atoms with Gasteiger partial charge in [0.2, 0.25) is 0 Å². The molecule has 6 heteroatoms. The maximum absolute atomic E-state index is 12.4. The van der Waals surface area contributed by atoms with Crippen molar-refractivity contribution in [2.75, 3.05) is 44.7 Å². The summed E-state index contributed by atoms with van der Waals surface area (Å²) in [6.07, 6.45) is -0.594. The monoisotopic (exact) mass is 363 g/mol. The lowest BCUT2D eigenvalue weighted by Gasteiger charge is -2.28. The van der Waals surface area contributed by atoms with Gasteiger partial charge in [0, 0.05) is 31.9 Å². The second kappa shape index (κ2) is 9.90. The van der Waals surface area contributed by atoms with E-state index >= 15 is 0 Å². The van der Waals surface area contributed by atoms with Gasteiger partial charge in [-0.3, -0.25) is 4.90 Å². The Morgan fingerprint density at radius 3 is 2.27 bits per heavy atom. The number of ether oxygens (including phenoxy) is 1. The summed E-state index contributed by atoms with van der Waals surface area (Å²) in [7, 11) is 0. The number of aliphatic hydroxyl groups excluding tert-OH is 1. The van der Waals surface area contributed by atoms with E-state index < -0.39 is 6.10 Å². The topological polar surface area (TPSA) is 73.8 Å². The summed E-state index contributed by atoms with van der Waals surface area (Å²) in [5.41, 5.74) is 3.14. The van der Waals surface area contributed by atoms with Crippen LogP contribution in [0.4, 0.5) is 10.5 Å². The number of hydrogen-bond acceptors (Lipinski definition) is 4. The molecule has 0 unspecified atom stereocenters. The summed E-state index contributed by atoms with van der Waals surface area (Å²) in [5.74, 6) is 0.631. The molecule has 2 amide bonds. The highest BCUT2D eigenvalue weighted by Gasteiger charge is 2.18. The average molecular weight is 364 g/mol. The molecular formula is C20H33N3O3. The molecule has 26 heavy (non-hydrogen) atoms. The molecule has 0 aliphatic carbocycles. The van der Waals surface area contributed by atoms with Crippen LogP contribution in [-0.2, 0) is 4.74 Å². The van der Waals surface area contributed by atoms with Crippen molar-refractivity contribution in [1.29, 1.82) is 0 Å². The molecule has 0 bridgehead atoms. The molecule has 3 N–H and O–H groups in total. The Morgan fingerprint density at radius 1 is 1.15 bits per heavy atom. The summed E-state index contributed by atoms with van der Waals surface area (Å²) < 4.78 is 5.30. The highest BCUT2D eigenvalue weighted by Crippen LogP contribution is 2.32. The molecule has 0 spiro atoms. The molecule has 6 nitrogen and oxygen atoms in total. The van der Waals surface area contributed by atoms with Gasteiger partial charge in [-0.1, -0.05) is 45.9 Å². The lowest BCUT2D eigenvalue weighted by atomic mass is 9.93. The van der Waals surface area contributed by atoms with Crippen LogP contribution in [0.5, 0.6) is 0 Å². The van der Waals surface area contributed by atoms with Crippen molar-refractivity contribution < 1.29 is 14.6 Å². The molecule has 0 aromatic heterocycles. The molecular weight excluding hydrogens is 330 g/mol. The molecule has 1 aliphatic rings. The van der Waals surface area contributed by atoms with Crippen LogP contribution in [0.3, 0.4) is 0 Å². The number of anilines is 1. The molecule has 2 rings (SSSR count). The maximum Gasteiger partial charge on any atom is 0.319 e. The zero-order chi connectivity index (χ0) is 19.1. The van der Waals surface area contributed by atoms with Crippen LogP contribution in [0.2, 0.25) is 0 Å². The van der Waals surface area contributed by atoms with Gasteiger partial charge in [0.1, 0.15) is 0 Å². The van der Waals surface area contributed by atoms with Crippen LogP contribution >= 0.6 is 0 Å². The summed E-state index contributed by atoms with van der Waals surface area (Å²) in [6.45, 7) is 12.3. The highest BCUT2D eigenvalue weighted by molar-refractivity contribution is 5.91. The number of urea groups is 1. The number of aliphatic hydroxyl groups is 1. The quantitative estimate of drug-likeness (QED) is 0.696. The Balaban J connectivity index is 1.92. The minimum Gasteiger partial charge on any atom is -0.390 e. The van der Waals surface area contributed by atoms with E-state index in [2.05, 4.69) is 55.4 Å². The third-order valence-electron chi connectivity index (χ3n) is 4.68. The second-order valence-corrected chi connectivity index (χ2v) is 7.52. The number of para-hydroxylation sites is 1. The smallest absolute Gasteiger partial charge is 0.319 e. The van der Waals surface area contributed by atoms with E-state index in [1.165, 1.54) is 0 Å². The summed E-state index contributed by atoms with van der Waals surface area (Å²) in [4.78, 5) is 14.5. The number of nitrogens with one attached hydrogen (secondary N) is 2. The number of morpholine rings is 1. The van der Waals surface area contributed by atoms with Crippen LogP contribution in [0.1, 0.15) is 50.7 Å². The standard InChI is InChI=1S/C20H33N3O3/c1-14(2)17-6-5-7-18(15(3)4)19(17)22-20(25)21-12-16(24)13-23-8-10-26-11-9-23/h5-7,14-16,24H,8-13H2,1-4H3,(H2,21,22,25)/t16-/m0/s1. The van der Waals surface area contributed by atoms with E-state index in [0.29, 0.717) is 31.6 Å². The molecule has 1 aliphatic heterocycles. The Morgan fingerprint density at radius 2 is 1.73 bits per heavy atom. The van der Waals surface area contributed by atoms with E-state index in [1.54, 1.807) is 0 Å². The molecule has 146 valence electrons. The predicted molar refractivity (Wildman–Crippen MR) is 105 cm³/mol. The van der Waals surface area contributed by atoms with E-state index in [4.69, 9.17) is 4.74 Å². The minimum absolute atomic E-state index is 0.226. The predicted octanol–water partition coefficient (Wildman–Crippen LogP) is 2.75. The minimum atomic E-state index is -0.594. The van der Waals surface area contributed by atoms with E-state index in [9.17, 15) is 9.90 Å². The SMILES string of the molecule is CC(C)c1cccc(C(C)C)c1NC(=O)NC[C@H](O)CN1CCOCC1. The van der Waals surface area contributed by atoms with Gasteiger partial charge in [0.05, 0.1) is 19.3 Å². The van der Waals surface area contributed by atoms with E-state index in [1.807, 2.05) is 6.07 Å². The van der Waals surface area contributed by atoms with Crippen molar-refractivity contribution in [2.45, 2.75) is 45.6 Å².